The van der Waals surface area contributed by atoms with Crippen molar-refractivity contribution >= 4 is 51.7 Å². The molecule has 0 aromatic heterocycles. The molecule has 0 saturated carbocycles. The summed E-state index contributed by atoms with van der Waals surface area (Å²) in [6.07, 6.45) is 0. The Morgan fingerprint density at radius 2 is 0.723 bits per heavy atom. The summed E-state index contributed by atoms with van der Waals surface area (Å²) in [6, 6.07) is 30.2. The van der Waals surface area contributed by atoms with E-state index in [9.17, 15) is 33.7 Å². The van der Waals surface area contributed by atoms with Crippen LogP contribution in [0.5, 0.6) is 0 Å². The number of benzene rings is 5. The van der Waals surface area contributed by atoms with E-state index in [4.69, 9.17) is 11.6 Å². The summed E-state index contributed by atoms with van der Waals surface area (Å²) in [4.78, 5) is -1.75. The summed E-state index contributed by atoms with van der Waals surface area (Å²) in [5.74, 6) is 0. The van der Waals surface area contributed by atoms with Crippen molar-refractivity contribution in [3.05, 3.63) is 156 Å². The fourth-order valence-corrected chi connectivity index (χ4v) is 12.7. The van der Waals surface area contributed by atoms with Gasteiger partial charge in [0.1, 0.15) is 0 Å². The fourth-order valence-electron chi connectivity index (χ4n) is 4.77. The number of rotatable bonds is 12. The molecule has 5 aromatic rings. The summed E-state index contributed by atoms with van der Waals surface area (Å²) in [5.41, 5.74) is -0.162. The standard InChI is InChI=1S/C32H27ClN2O8S4/c33-31-24-14-13-23-30(31)32(35(46(40,41)28-19-9-3-10-20-28)47(42,43)29-21-11-4-12-22-29)25-34(44(36,37)26-15-5-1-6-16-26)45(38,39)27-17-7-2-8-18-27/h1-24,32H,25H2. The Morgan fingerprint density at radius 1 is 0.426 bits per heavy atom. The van der Waals surface area contributed by atoms with Gasteiger partial charge in [0.25, 0.3) is 40.1 Å². The van der Waals surface area contributed by atoms with Gasteiger partial charge >= 0.3 is 0 Å². The molecular formula is C32H27ClN2O8S4. The SMILES string of the molecule is O=S(=O)(c1ccccc1)N(CC(c1ccccc1Cl)N(S(=O)(=O)c1ccccc1)S(=O)(=O)c1ccccc1)S(=O)(=O)c1ccccc1. The lowest BCUT2D eigenvalue weighted by atomic mass is 10.1. The molecule has 10 nitrogen and oxygen atoms in total. The second-order valence-corrected chi connectivity index (χ2v) is 18.2. The molecule has 0 radical (unpaired) electrons. The Balaban J connectivity index is 1.85. The van der Waals surface area contributed by atoms with E-state index >= 15 is 0 Å². The van der Waals surface area contributed by atoms with Gasteiger partial charge in [0, 0.05) is 5.02 Å². The molecule has 0 spiro atoms. The van der Waals surface area contributed by atoms with Crippen LogP contribution < -0.4 is 0 Å². The predicted molar refractivity (Wildman–Crippen MR) is 177 cm³/mol. The van der Waals surface area contributed by atoms with Crippen LogP contribution in [0, 0.1) is 0 Å². The number of sulfonamides is 4. The molecule has 0 aliphatic rings. The quantitative estimate of drug-likeness (QED) is 0.163. The summed E-state index contributed by atoms with van der Waals surface area (Å²) in [7, 11) is -20.1. The van der Waals surface area contributed by atoms with E-state index in [1.54, 1.807) is 0 Å². The van der Waals surface area contributed by atoms with E-state index in [0.717, 1.165) is 0 Å². The minimum atomic E-state index is -5.07. The first-order valence-corrected chi connectivity index (χ1v) is 19.9. The molecule has 5 aromatic carbocycles. The maximum absolute atomic E-state index is 14.5. The van der Waals surface area contributed by atoms with Gasteiger partial charge in [-0.15, -0.1) is 0 Å². The summed E-state index contributed by atoms with van der Waals surface area (Å²) >= 11 is 6.57. The highest BCUT2D eigenvalue weighted by atomic mass is 35.5. The van der Waals surface area contributed by atoms with E-state index in [1.807, 2.05) is 0 Å². The second-order valence-electron chi connectivity index (χ2n) is 9.99. The van der Waals surface area contributed by atoms with Crippen molar-refractivity contribution in [2.75, 3.05) is 6.54 Å². The Hall–Kier alpha value is -3.89. The average Bonchev–Trinajstić information content (AvgIpc) is 3.08. The highest BCUT2D eigenvalue weighted by molar-refractivity contribution is 8.04. The molecule has 0 bridgehead atoms. The van der Waals surface area contributed by atoms with E-state index < -0.39 is 72.3 Å². The van der Waals surface area contributed by atoms with E-state index in [2.05, 4.69) is 0 Å². The molecule has 0 fully saturated rings. The van der Waals surface area contributed by atoms with Crippen molar-refractivity contribution in [2.45, 2.75) is 25.6 Å². The molecule has 47 heavy (non-hydrogen) atoms. The topological polar surface area (TPSA) is 143 Å². The molecule has 0 aliphatic carbocycles. The zero-order valence-electron chi connectivity index (χ0n) is 24.3. The number of nitrogens with zero attached hydrogens (tertiary/aromatic N) is 2. The smallest absolute Gasteiger partial charge is 0.206 e. The van der Waals surface area contributed by atoms with Crippen LogP contribution in [-0.4, -0.2) is 47.6 Å². The normalized spacial score (nSPS) is 13.4. The van der Waals surface area contributed by atoms with Crippen LogP contribution in [0.1, 0.15) is 11.6 Å². The lowest BCUT2D eigenvalue weighted by Gasteiger charge is -2.34. The molecule has 5 rings (SSSR count). The van der Waals surface area contributed by atoms with Crippen LogP contribution in [0.4, 0.5) is 0 Å². The van der Waals surface area contributed by atoms with Crippen molar-refractivity contribution < 1.29 is 33.7 Å². The predicted octanol–water partition coefficient (Wildman–Crippen LogP) is 5.54. The summed E-state index contributed by atoms with van der Waals surface area (Å²) in [5, 5.41) is -0.136. The molecular weight excluding hydrogens is 704 g/mol. The Labute approximate surface area is 279 Å². The van der Waals surface area contributed by atoms with Crippen molar-refractivity contribution in [3.63, 3.8) is 0 Å². The maximum Gasteiger partial charge on any atom is 0.256 e. The third-order valence-corrected chi connectivity index (χ3v) is 16.0. The lowest BCUT2D eigenvalue weighted by Crippen LogP contribution is -2.47. The van der Waals surface area contributed by atoms with Gasteiger partial charge in [-0.1, -0.05) is 110 Å². The van der Waals surface area contributed by atoms with Gasteiger partial charge in [-0.25, -0.2) is 33.7 Å². The first-order chi connectivity index (χ1) is 22.3. The summed E-state index contributed by atoms with van der Waals surface area (Å²) in [6.45, 7) is -1.21. The van der Waals surface area contributed by atoms with Gasteiger partial charge in [-0.3, -0.25) is 0 Å². The monoisotopic (exact) mass is 730 g/mol. The van der Waals surface area contributed by atoms with Crippen molar-refractivity contribution in [2.24, 2.45) is 0 Å². The minimum Gasteiger partial charge on any atom is -0.206 e. The number of hydrogen-bond donors (Lipinski definition) is 0. The van der Waals surface area contributed by atoms with Gasteiger partial charge in [0.15, 0.2) is 0 Å². The largest absolute Gasteiger partial charge is 0.256 e. The van der Waals surface area contributed by atoms with E-state index in [0.29, 0.717) is 0 Å². The molecule has 0 heterocycles. The third kappa shape index (κ3) is 6.90. The Morgan fingerprint density at radius 3 is 1.06 bits per heavy atom. The molecule has 244 valence electrons. The average molecular weight is 731 g/mol. The van der Waals surface area contributed by atoms with Crippen LogP contribution in [0.15, 0.2) is 165 Å². The fraction of sp³-hybridized carbons (Fsp3) is 0.0625. The van der Waals surface area contributed by atoms with Gasteiger partial charge in [-0.2, -0.15) is 0 Å². The molecule has 1 atom stereocenters. The van der Waals surface area contributed by atoms with Gasteiger partial charge in [0.05, 0.1) is 32.2 Å². The Bertz CT molecular complexity index is 2160. The van der Waals surface area contributed by atoms with Crippen LogP contribution in [0.2, 0.25) is 5.02 Å². The van der Waals surface area contributed by atoms with Crippen LogP contribution in [0.3, 0.4) is 0 Å². The number of halogens is 1. The lowest BCUT2D eigenvalue weighted by molar-refractivity contribution is 0.383. The van der Waals surface area contributed by atoms with Gasteiger partial charge in [-0.05, 0) is 60.2 Å². The van der Waals surface area contributed by atoms with E-state index in [1.165, 1.54) is 146 Å². The van der Waals surface area contributed by atoms with Crippen LogP contribution in [0.25, 0.3) is 0 Å². The molecule has 0 saturated heterocycles. The first-order valence-electron chi connectivity index (χ1n) is 13.8. The Kier molecular flexibility index (Phi) is 10.0. The second kappa shape index (κ2) is 13.7. The molecule has 0 N–H and O–H groups in total. The highest BCUT2D eigenvalue weighted by Gasteiger charge is 2.48. The molecule has 15 heteroatoms. The van der Waals surface area contributed by atoms with Crippen LogP contribution in [-0.2, 0) is 40.1 Å². The zero-order valence-corrected chi connectivity index (χ0v) is 28.3. The van der Waals surface area contributed by atoms with Crippen molar-refractivity contribution in [1.29, 1.82) is 0 Å². The molecule has 0 amide bonds. The molecule has 1 unspecified atom stereocenters. The van der Waals surface area contributed by atoms with E-state index in [-0.39, 0.29) is 18.0 Å². The number of hydrogen-bond acceptors (Lipinski definition) is 8. The van der Waals surface area contributed by atoms with Gasteiger partial charge < -0.3 is 0 Å². The van der Waals surface area contributed by atoms with Gasteiger partial charge in [0.2, 0.25) is 0 Å². The van der Waals surface area contributed by atoms with Crippen molar-refractivity contribution in [1.82, 2.24) is 7.42 Å². The van der Waals surface area contributed by atoms with Crippen molar-refractivity contribution in [3.8, 4) is 0 Å². The maximum atomic E-state index is 14.5. The minimum absolute atomic E-state index is 0.118. The zero-order chi connectivity index (χ0) is 33.9. The summed E-state index contributed by atoms with van der Waals surface area (Å²) < 4.78 is 115. The first kappa shape index (κ1) is 34.4. The molecule has 0 aliphatic heterocycles. The third-order valence-electron chi connectivity index (χ3n) is 7.01. The highest BCUT2D eigenvalue weighted by Crippen LogP contribution is 2.39. The van der Waals surface area contributed by atoms with Crippen LogP contribution >= 0.6 is 11.6 Å².